The first kappa shape index (κ1) is 11.1. The van der Waals surface area contributed by atoms with Crippen LogP contribution in [-0.4, -0.2) is 17.4 Å². The maximum absolute atomic E-state index is 12.1. The highest BCUT2D eigenvalue weighted by atomic mass is 16.2. The molecule has 1 aromatic rings. The molecule has 1 aliphatic carbocycles. The average molecular weight is 219 g/mol. The van der Waals surface area contributed by atoms with Gasteiger partial charge >= 0.3 is 0 Å². The fourth-order valence-corrected chi connectivity index (χ4v) is 2.40. The predicted molar refractivity (Wildman–Crippen MR) is 62.8 cm³/mol. The molecule has 1 saturated carbocycles. The second-order valence-electron chi connectivity index (χ2n) is 4.67. The van der Waals surface area contributed by atoms with Crippen LogP contribution in [0.3, 0.4) is 0 Å². The number of nitrogens with zero attached hydrogens (tertiary/aromatic N) is 1. The molecule has 0 aliphatic heterocycles. The van der Waals surface area contributed by atoms with Gasteiger partial charge in [-0.15, -0.1) is 0 Å². The van der Waals surface area contributed by atoms with Crippen molar-refractivity contribution >= 4 is 11.7 Å². The van der Waals surface area contributed by atoms with Crippen molar-refractivity contribution in [2.75, 3.05) is 11.9 Å². The molecule has 1 fully saturated rings. The zero-order chi connectivity index (χ0) is 11.6. The highest BCUT2D eigenvalue weighted by Crippen LogP contribution is 2.45. The number of carbonyl (C=O) groups is 1. The fraction of sp³-hybridized carbons (Fsp3) is 0.500. The second-order valence-corrected chi connectivity index (χ2v) is 4.67. The van der Waals surface area contributed by atoms with Crippen LogP contribution in [0, 0.1) is 11.3 Å². The van der Waals surface area contributed by atoms with Crippen LogP contribution in [0.4, 0.5) is 5.82 Å². The Balaban J connectivity index is 2.03. The van der Waals surface area contributed by atoms with Gasteiger partial charge in [-0.3, -0.25) is 4.79 Å². The van der Waals surface area contributed by atoms with Crippen molar-refractivity contribution < 1.29 is 4.79 Å². The molecule has 0 bridgehead atoms. The first-order chi connectivity index (χ1) is 7.66. The summed E-state index contributed by atoms with van der Waals surface area (Å²) >= 11 is 0. The van der Waals surface area contributed by atoms with Crippen LogP contribution >= 0.6 is 0 Å². The standard InChI is InChI=1S/C12H17N3O/c1-9-6-12(7-9,8-13)11(16)15-10-4-2-3-5-14-10/h2-5,9H,6-8,13H2,1H3,(H,14,15,16). The molecule has 1 heterocycles. The molecular formula is C12H17N3O. The molecule has 0 unspecified atom stereocenters. The van der Waals surface area contributed by atoms with E-state index in [0.29, 0.717) is 18.3 Å². The average Bonchev–Trinajstić information content (AvgIpc) is 2.25. The molecule has 2 rings (SSSR count). The van der Waals surface area contributed by atoms with Crippen LogP contribution in [0.25, 0.3) is 0 Å². The molecule has 1 aliphatic rings. The topological polar surface area (TPSA) is 68.0 Å². The third-order valence-electron chi connectivity index (χ3n) is 3.26. The predicted octanol–water partition coefficient (Wildman–Crippen LogP) is 1.40. The van der Waals surface area contributed by atoms with E-state index in [1.54, 1.807) is 12.3 Å². The van der Waals surface area contributed by atoms with E-state index in [-0.39, 0.29) is 11.3 Å². The summed E-state index contributed by atoms with van der Waals surface area (Å²) in [4.78, 5) is 16.1. The third kappa shape index (κ3) is 1.93. The molecule has 0 saturated heterocycles. The Morgan fingerprint density at radius 1 is 1.62 bits per heavy atom. The van der Waals surface area contributed by atoms with Crippen molar-refractivity contribution in [2.45, 2.75) is 19.8 Å². The number of nitrogens with one attached hydrogen (secondary N) is 1. The summed E-state index contributed by atoms with van der Waals surface area (Å²) in [5.41, 5.74) is 5.34. The molecule has 0 aromatic carbocycles. The van der Waals surface area contributed by atoms with Crippen molar-refractivity contribution in [1.82, 2.24) is 4.98 Å². The van der Waals surface area contributed by atoms with Crippen LogP contribution in [-0.2, 0) is 4.79 Å². The summed E-state index contributed by atoms with van der Waals surface area (Å²) in [5.74, 6) is 1.20. The minimum atomic E-state index is -0.364. The Bertz CT molecular complexity index is 371. The SMILES string of the molecule is CC1CC(CN)(C(=O)Nc2ccccn2)C1. The lowest BCUT2D eigenvalue weighted by Crippen LogP contribution is -2.51. The van der Waals surface area contributed by atoms with Gasteiger partial charge in [0.2, 0.25) is 5.91 Å². The van der Waals surface area contributed by atoms with E-state index in [0.717, 1.165) is 12.8 Å². The zero-order valence-corrected chi connectivity index (χ0v) is 9.44. The minimum absolute atomic E-state index is 0.00630. The van der Waals surface area contributed by atoms with Gasteiger partial charge in [-0.05, 0) is 30.9 Å². The Morgan fingerprint density at radius 3 is 2.88 bits per heavy atom. The number of hydrogen-bond acceptors (Lipinski definition) is 3. The fourth-order valence-electron chi connectivity index (χ4n) is 2.40. The molecule has 86 valence electrons. The van der Waals surface area contributed by atoms with Gasteiger partial charge < -0.3 is 11.1 Å². The first-order valence-corrected chi connectivity index (χ1v) is 5.59. The van der Waals surface area contributed by atoms with Crippen molar-refractivity contribution in [2.24, 2.45) is 17.1 Å². The van der Waals surface area contributed by atoms with Gasteiger partial charge in [-0.2, -0.15) is 0 Å². The highest BCUT2D eigenvalue weighted by Gasteiger charge is 2.47. The Kier molecular flexibility index (Phi) is 2.92. The van der Waals surface area contributed by atoms with E-state index in [9.17, 15) is 4.79 Å². The number of hydrogen-bond donors (Lipinski definition) is 2. The normalized spacial score (nSPS) is 28.2. The van der Waals surface area contributed by atoms with E-state index in [1.165, 1.54) is 0 Å². The van der Waals surface area contributed by atoms with Crippen molar-refractivity contribution in [3.05, 3.63) is 24.4 Å². The van der Waals surface area contributed by atoms with Gasteiger partial charge in [0.25, 0.3) is 0 Å². The van der Waals surface area contributed by atoms with Crippen LogP contribution < -0.4 is 11.1 Å². The summed E-state index contributed by atoms with van der Waals surface area (Å²) in [5, 5.41) is 2.83. The molecule has 16 heavy (non-hydrogen) atoms. The molecule has 0 spiro atoms. The molecule has 1 amide bonds. The first-order valence-electron chi connectivity index (χ1n) is 5.59. The van der Waals surface area contributed by atoms with Crippen LogP contribution in [0.15, 0.2) is 24.4 Å². The summed E-state index contributed by atoms with van der Waals surface area (Å²) in [7, 11) is 0. The van der Waals surface area contributed by atoms with Crippen molar-refractivity contribution in [1.29, 1.82) is 0 Å². The summed E-state index contributed by atoms with van der Waals surface area (Å²) in [6.45, 7) is 2.55. The number of amides is 1. The number of aromatic nitrogens is 1. The van der Waals surface area contributed by atoms with Gasteiger partial charge in [0, 0.05) is 12.7 Å². The second kappa shape index (κ2) is 4.22. The van der Waals surface area contributed by atoms with Gasteiger partial charge in [0.1, 0.15) is 5.82 Å². The quantitative estimate of drug-likeness (QED) is 0.807. The lowest BCUT2D eigenvalue weighted by molar-refractivity contribution is -0.132. The van der Waals surface area contributed by atoms with Gasteiger partial charge in [-0.25, -0.2) is 4.98 Å². The van der Waals surface area contributed by atoms with E-state index >= 15 is 0 Å². The molecule has 0 atom stereocenters. The zero-order valence-electron chi connectivity index (χ0n) is 9.44. The lowest BCUT2D eigenvalue weighted by Gasteiger charge is -2.44. The Hall–Kier alpha value is -1.42. The summed E-state index contributed by atoms with van der Waals surface area (Å²) in [6, 6.07) is 5.45. The van der Waals surface area contributed by atoms with E-state index in [2.05, 4.69) is 17.2 Å². The molecule has 0 radical (unpaired) electrons. The monoisotopic (exact) mass is 219 g/mol. The van der Waals surface area contributed by atoms with Gasteiger partial charge in [-0.1, -0.05) is 13.0 Å². The van der Waals surface area contributed by atoms with E-state index in [4.69, 9.17) is 5.73 Å². The molecular weight excluding hydrogens is 202 g/mol. The number of pyridine rings is 1. The smallest absolute Gasteiger partial charge is 0.233 e. The highest BCUT2D eigenvalue weighted by molar-refractivity contribution is 5.95. The molecule has 4 heteroatoms. The number of anilines is 1. The Labute approximate surface area is 95.3 Å². The van der Waals surface area contributed by atoms with E-state index < -0.39 is 0 Å². The largest absolute Gasteiger partial charge is 0.329 e. The van der Waals surface area contributed by atoms with Crippen LogP contribution in [0.2, 0.25) is 0 Å². The number of rotatable bonds is 3. The third-order valence-corrected chi connectivity index (χ3v) is 3.26. The van der Waals surface area contributed by atoms with Gasteiger partial charge in [0.15, 0.2) is 0 Å². The summed E-state index contributed by atoms with van der Waals surface area (Å²) < 4.78 is 0. The van der Waals surface area contributed by atoms with Crippen LogP contribution in [0.5, 0.6) is 0 Å². The van der Waals surface area contributed by atoms with Crippen molar-refractivity contribution in [3.63, 3.8) is 0 Å². The van der Waals surface area contributed by atoms with Gasteiger partial charge in [0.05, 0.1) is 5.41 Å². The lowest BCUT2D eigenvalue weighted by atomic mass is 9.62. The number of carbonyl (C=O) groups excluding carboxylic acids is 1. The Morgan fingerprint density at radius 2 is 2.38 bits per heavy atom. The maximum atomic E-state index is 12.1. The molecule has 1 aromatic heterocycles. The van der Waals surface area contributed by atoms with Crippen molar-refractivity contribution in [3.8, 4) is 0 Å². The summed E-state index contributed by atoms with van der Waals surface area (Å²) in [6.07, 6.45) is 3.42. The molecule has 3 N–H and O–H groups in total. The van der Waals surface area contributed by atoms with E-state index in [1.807, 2.05) is 12.1 Å². The van der Waals surface area contributed by atoms with Crippen LogP contribution in [0.1, 0.15) is 19.8 Å². The number of nitrogens with two attached hydrogens (primary N) is 1. The minimum Gasteiger partial charge on any atom is -0.329 e. The molecule has 4 nitrogen and oxygen atoms in total. The maximum Gasteiger partial charge on any atom is 0.233 e.